The summed E-state index contributed by atoms with van der Waals surface area (Å²) in [5, 5.41) is 11.3. The number of ether oxygens (including phenoxy) is 1. The van der Waals surface area contributed by atoms with Crippen molar-refractivity contribution in [2.45, 2.75) is 0 Å². The molecule has 1 aliphatic rings. The minimum Gasteiger partial charge on any atom is -0.497 e. The van der Waals surface area contributed by atoms with Crippen LogP contribution in [0.3, 0.4) is 0 Å². The third-order valence-corrected chi connectivity index (χ3v) is 4.16. The zero-order chi connectivity index (χ0) is 16.1. The molecule has 2 aromatic rings. The highest BCUT2D eigenvalue weighted by atomic mass is 32.2. The van der Waals surface area contributed by atoms with Crippen molar-refractivity contribution >= 4 is 29.1 Å². The molecule has 116 valence electrons. The van der Waals surface area contributed by atoms with E-state index in [1.54, 1.807) is 13.3 Å². The average Bonchev–Trinajstić information content (AvgIpc) is 3.01. The molecule has 0 unspecified atom stereocenters. The maximum Gasteiger partial charge on any atom is 0.236 e. The predicted octanol–water partition coefficient (Wildman–Crippen LogP) is 2.92. The third-order valence-electron chi connectivity index (χ3n) is 3.29. The molecule has 6 heteroatoms. The zero-order valence-corrected chi connectivity index (χ0v) is 13.3. The Labute approximate surface area is 138 Å². The van der Waals surface area contributed by atoms with Crippen LogP contribution in [0.2, 0.25) is 0 Å². The summed E-state index contributed by atoms with van der Waals surface area (Å²) >= 11 is 1.35. The van der Waals surface area contributed by atoms with E-state index in [-0.39, 0.29) is 5.91 Å². The lowest BCUT2D eigenvalue weighted by atomic mass is 10.0. The summed E-state index contributed by atoms with van der Waals surface area (Å²) in [4.78, 5) is 11.1. The summed E-state index contributed by atoms with van der Waals surface area (Å²) in [5.41, 5.74) is 3.09. The van der Waals surface area contributed by atoms with Crippen LogP contribution in [0.5, 0.6) is 5.75 Å². The zero-order valence-electron chi connectivity index (χ0n) is 12.5. The number of nitrogens with one attached hydrogen (secondary N) is 1. The molecule has 1 fully saturated rings. The SMILES string of the molecule is COc1ccc(-c2ccccc2C=NN=C2NC(=O)CS2)cc1. The van der Waals surface area contributed by atoms with Crippen molar-refractivity contribution < 1.29 is 9.53 Å². The van der Waals surface area contributed by atoms with Crippen molar-refractivity contribution in [2.75, 3.05) is 12.9 Å². The predicted molar refractivity (Wildman–Crippen MR) is 94.1 cm³/mol. The number of benzene rings is 2. The van der Waals surface area contributed by atoms with Crippen molar-refractivity contribution in [2.24, 2.45) is 10.2 Å². The second kappa shape index (κ2) is 7.11. The summed E-state index contributed by atoms with van der Waals surface area (Å²) in [6.07, 6.45) is 1.69. The lowest BCUT2D eigenvalue weighted by molar-refractivity contribution is -0.116. The van der Waals surface area contributed by atoms with Crippen LogP contribution in [-0.2, 0) is 4.79 Å². The highest BCUT2D eigenvalue weighted by molar-refractivity contribution is 8.15. The van der Waals surface area contributed by atoms with E-state index in [0.29, 0.717) is 10.9 Å². The average molecular weight is 325 g/mol. The van der Waals surface area contributed by atoms with Gasteiger partial charge in [-0.3, -0.25) is 4.79 Å². The number of carbonyl (C=O) groups is 1. The number of carbonyl (C=O) groups excluding carboxylic acids is 1. The smallest absolute Gasteiger partial charge is 0.236 e. The topological polar surface area (TPSA) is 63.1 Å². The van der Waals surface area contributed by atoms with Crippen molar-refractivity contribution in [3.63, 3.8) is 0 Å². The summed E-state index contributed by atoms with van der Waals surface area (Å²) in [6, 6.07) is 15.8. The molecular formula is C17H15N3O2S. The molecule has 1 amide bonds. The number of amidine groups is 1. The number of amides is 1. The van der Waals surface area contributed by atoms with E-state index in [2.05, 4.69) is 15.5 Å². The highest BCUT2D eigenvalue weighted by Gasteiger charge is 2.15. The number of thioether (sulfide) groups is 1. The molecule has 1 saturated heterocycles. The minimum atomic E-state index is -0.0393. The van der Waals surface area contributed by atoms with E-state index < -0.39 is 0 Å². The Morgan fingerprint density at radius 3 is 2.65 bits per heavy atom. The van der Waals surface area contributed by atoms with Gasteiger partial charge >= 0.3 is 0 Å². The maximum absolute atomic E-state index is 11.1. The van der Waals surface area contributed by atoms with Gasteiger partial charge in [0.2, 0.25) is 5.91 Å². The molecule has 1 heterocycles. The van der Waals surface area contributed by atoms with Crippen LogP contribution in [-0.4, -0.2) is 30.2 Å². The minimum absolute atomic E-state index is 0.0393. The molecule has 5 nitrogen and oxygen atoms in total. The van der Waals surface area contributed by atoms with Crippen LogP contribution in [0.25, 0.3) is 11.1 Å². The van der Waals surface area contributed by atoms with Crippen molar-refractivity contribution in [1.29, 1.82) is 0 Å². The van der Waals surface area contributed by atoms with E-state index in [1.807, 2.05) is 48.5 Å². The largest absolute Gasteiger partial charge is 0.497 e. The summed E-state index contributed by atoms with van der Waals surface area (Å²) in [6.45, 7) is 0. The van der Waals surface area contributed by atoms with E-state index in [1.165, 1.54) is 11.8 Å². The van der Waals surface area contributed by atoms with E-state index in [0.717, 1.165) is 22.4 Å². The molecule has 1 N–H and O–H groups in total. The number of nitrogens with zero attached hydrogens (tertiary/aromatic N) is 2. The van der Waals surface area contributed by atoms with Crippen molar-refractivity contribution in [1.82, 2.24) is 5.32 Å². The Morgan fingerprint density at radius 2 is 1.96 bits per heavy atom. The Balaban J connectivity index is 1.84. The van der Waals surface area contributed by atoms with Crippen molar-refractivity contribution in [3.05, 3.63) is 54.1 Å². The Morgan fingerprint density at radius 1 is 1.17 bits per heavy atom. The molecule has 2 aromatic carbocycles. The van der Waals surface area contributed by atoms with Gasteiger partial charge in [0.25, 0.3) is 0 Å². The number of methoxy groups -OCH3 is 1. The number of hydrogen-bond acceptors (Lipinski definition) is 5. The monoisotopic (exact) mass is 325 g/mol. The van der Waals surface area contributed by atoms with Crippen molar-refractivity contribution in [3.8, 4) is 16.9 Å². The normalized spacial score (nSPS) is 16.0. The fraction of sp³-hybridized carbons (Fsp3) is 0.118. The van der Waals surface area contributed by atoms with Gasteiger partial charge in [0.1, 0.15) is 5.75 Å². The van der Waals surface area contributed by atoms with Gasteiger partial charge in [-0.1, -0.05) is 48.2 Å². The second-order valence-corrected chi connectivity index (χ2v) is 5.77. The maximum atomic E-state index is 11.1. The Kier molecular flexibility index (Phi) is 4.73. The molecule has 0 atom stereocenters. The summed E-state index contributed by atoms with van der Waals surface area (Å²) < 4.78 is 5.18. The molecule has 0 spiro atoms. The van der Waals surface area contributed by atoms with Gasteiger partial charge in [-0.05, 0) is 23.3 Å². The lowest BCUT2D eigenvalue weighted by Gasteiger charge is -2.06. The first kappa shape index (κ1) is 15.3. The van der Waals surface area contributed by atoms with Gasteiger partial charge in [0.05, 0.1) is 19.1 Å². The van der Waals surface area contributed by atoms with E-state index >= 15 is 0 Å². The first-order valence-corrected chi connectivity index (χ1v) is 8.02. The van der Waals surface area contributed by atoms with Crippen LogP contribution in [0.15, 0.2) is 58.7 Å². The second-order valence-electron chi connectivity index (χ2n) is 4.80. The fourth-order valence-electron chi connectivity index (χ4n) is 2.17. The lowest BCUT2D eigenvalue weighted by Crippen LogP contribution is -2.19. The van der Waals surface area contributed by atoms with Gasteiger partial charge in [-0.15, -0.1) is 5.10 Å². The fourth-order valence-corrected chi connectivity index (χ4v) is 2.80. The molecule has 1 aliphatic heterocycles. The molecule has 0 saturated carbocycles. The van der Waals surface area contributed by atoms with Crippen LogP contribution < -0.4 is 10.1 Å². The van der Waals surface area contributed by atoms with E-state index in [4.69, 9.17) is 4.74 Å². The molecule has 0 radical (unpaired) electrons. The van der Waals surface area contributed by atoms with Crippen LogP contribution in [0.4, 0.5) is 0 Å². The van der Waals surface area contributed by atoms with Crippen LogP contribution in [0, 0.1) is 0 Å². The van der Waals surface area contributed by atoms with Crippen LogP contribution in [0.1, 0.15) is 5.56 Å². The summed E-state index contributed by atoms with van der Waals surface area (Å²) in [7, 11) is 1.65. The molecule has 0 aliphatic carbocycles. The first-order chi connectivity index (χ1) is 11.3. The molecular weight excluding hydrogens is 310 g/mol. The van der Waals surface area contributed by atoms with Gasteiger partial charge in [0, 0.05) is 5.56 Å². The summed E-state index contributed by atoms with van der Waals surface area (Å²) in [5.74, 6) is 1.18. The van der Waals surface area contributed by atoms with E-state index in [9.17, 15) is 4.79 Å². The highest BCUT2D eigenvalue weighted by Crippen LogP contribution is 2.25. The van der Waals surface area contributed by atoms with Crippen LogP contribution >= 0.6 is 11.8 Å². The number of hydrogen-bond donors (Lipinski definition) is 1. The Hall–Kier alpha value is -2.60. The quantitative estimate of drug-likeness (QED) is 0.694. The van der Waals surface area contributed by atoms with Gasteiger partial charge in [-0.25, -0.2) is 0 Å². The van der Waals surface area contributed by atoms with Gasteiger partial charge < -0.3 is 10.1 Å². The Bertz CT molecular complexity index is 770. The molecule has 3 rings (SSSR count). The first-order valence-electron chi connectivity index (χ1n) is 7.03. The molecule has 0 aromatic heterocycles. The third kappa shape index (κ3) is 3.78. The van der Waals surface area contributed by atoms with Gasteiger partial charge in [-0.2, -0.15) is 5.10 Å². The number of rotatable bonds is 4. The molecule has 0 bridgehead atoms. The standard InChI is InChI=1S/C17H15N3O2S/c1-22-14-8-6-12(7-9-14)15-5-3-2-4-13(15)10-18-20-17-19-16(21)11-23-17/h2-10H,11H2,1H3,(H,19,20,21). The van der Waals surface area contributed by atoms with Gasteiger partial charge in [0.15, 0.2) is 5.17 Å². The molecule has 23 heavy (non-hydrogen) atoms.